The summed E-state index contributed by atoms with van der Waals surface area (Å²) in [6.45, 7) is 7.88. The smallest absolute Gasteiger partial charge is 0.246 e. The van der Waals surface area contributed by atoms with Crippen LogP contribution in [0.1, 0.15) is 13.3 Å². The Morgan fingerprint density at radius 2 is 2.00 bits per heavy atom. The van der Waals surface area contributed by atoms with Gasteiger partial charge in [-0.05, 0) is 36.6 Å². The Balaban J connectivity index is 1.68. The van der Waals surface area contributed by atoms with Crippen molar-refractivity contribution < 1.29 is 13.2 Å². The van der Waals surface area contributed by atoms with Crippen molar-refractivity contribution in [1.29, 1.82) is 0 Å². The third-order valence-electron chi connectivity index (χ3n) is 5.14. The highest BCUT2D eigenvalue weighted by Crippen LogP contribution is 2.31. The van der Waals surface area contributed by atoms with Crippen molar-refractivity contribution in [1.82, 2.24) is 14.5 Å². The number of nitrogens with one attached hydrogen (secondary N) is 1. The fourth-order valence-corrected chi connectivity index (χ4v) is 5.50. The minimum Gasteiger partial charge on any atom is -0.495 e. The molecule has 2 fully saturated rings. The Morgan fingerprint density at radius 3 is 2.60 bits per heavy atom. The van der Waals surface area contributed by atoms with Crippen LogP contribution in [0.3, 0.4) is 0 Å². The maximum absolute atomic E-state index is 13.0. The lowest BCUT2D eigenvalue weighted by molar-refractivity contribution is 0.132. The first-order chi connectivity index (χ1) is 11.8. The lowest BCUT2D eigenvalue weighted by Crippen LogP contribution is -2.51. The standard InChI is InChI=1S/C17H26ClN3O3S/c1-17(5-6-19-12-17)13-20-7-9-21(10-8-20)25(22,23)16-11-14(18)3-4-15(16)24-2/h3-4,11,19H,5-10,12-13H2,1-2H3. The third kappa shape index (κ3) is 4.11. The lowest BCUT2D eigenvalue weighted by atomic mass is 9.89. The Hall–Kier alpha value is -0.860. The minimum atomic E-state index is -3.61. The summed E-state index contributed by atoms with van der Waals surface area (Å²) in [5.41, 5.74) is 0.289. The van der Waals surface area contributed by atoms with Gasteiger partial charge in [0, 0.05) is 44.3 Å². The monoisotopic (exact) mass is 387 g/mol. The molecule has 0 amide bonds. The second-order valence-corrected chi connectivity index (χ2v) is 9.56. The molecule has 0 radical (unpaired) electrons. The molecule has 6 nitrogen and oxygen atoms in total. The van der Waals surface area contributed by atoms with Crippen LogP contribution in [-0.4, -0.2) is 70.5 Å². The largest absolute Gasteiger partial charge is 0.495 e. The van der Waals surface area contributed by atoms with E-state index in [0.29, 0.717) is 23.9 Å². The van der Waals surface area contributed by atoms with Gasteiger partial charge in [0.2, 0.25) is 10.0 Å². The van der Waals surface area contributed by atoms with Gasteiger partial charge in [0.15, 0.2) is 0 Å². The van der Waals surface area contributed by atoms with Crippen LogP contribution < -0.4 is 10.1 Å². The third-order valence-corrected chi connectivity index (χ3v) is 7.29. The van der Waals surface area contributed by atoms with E-state index in [1.54, 1.807) is 12.1 Å². The molecule has 0 bridgehead atoms. The van der Waals surface area contributed by atoms with E-state index in [4.69, 9.17) is 16.3 Å². The molecule has 1 N–H and O–H groups in total. The van der Waals surface area contributed by atoms with Crippen LogP contribution in [-0.2, 0) is 10.0 Å². The van der Waals surface area contributed by atoms with Crippen LogP contribution in [0.25, 0.3) is 0 Å². The van der Waals surface area contributed by atoms with Crippen LogP contribution in [0.15, 0.2) is 23.1 Å². The summed E-state index contributed by atoms with van der Waals surface area (Å²) in [6.07, 6.45) is 1.17. The van der Waals surface area contributed by atoms with Gasteiger partial charge in [-0.3, -0.25) is 0 Å². The van der Waals surface area contributed by atoms with Gasteiger partial charge in [-0.25, -0.2) is 8.42 Å². The van der Waals surface area contributed by atoms with Crippen LogP contribution in [0, 0.1) is 5.41 Å². The number of sulfonamides is 1. The van der Waals surface area contributed by atoms with Crippen molar-refractivity contribution in [3.05, 3.63) is 23.2 Å². The normalized spacial score (nSPS) is 26.0. The summed E-state index contributed by atoms with van der Waals surface area (Å²) < 4.78 is 32.7. The van der Waals surface area contributed by atoms with Gasteiger partial charge in [0.05, 0.1) is 7.11 Å². The van der Waals surface area contributed by atoms with E-state index in [0.717, 1.165) is 32.7 Å². The molecule has 1 aromatic rings. The predicted molar refractivity (Wildman–Crippen MR) is 98.8 cm³/mol. The molecule has 1 aromatic carbocycles. The van der Waals surface area contributed by atoms with E-state index in [9.17, 15) is 8.42 Å². The molecule has 2 aliphatic rings. The molecule has 0 saturated carbocycles. The van der Waals surface area contributed by atoms with Gasteiger partial charge in [0.25, 0.3) is 0 Å². The van der Waals surface area contributed by atoms with Gasteiger partial charge < -0.3 is 15.0 Å². The van der Waals surface area contributed by atoms with Gasteiger partial charge >= 0.3 is 0 Å². The highest BCUT2D eigenvalue weighted by Gasteiger charge is 2.35. The van der Waals surface area contributed by atoms with Crippen LogP contribution in [0.4, 0.5) is 0 Å². The number of hydrogen-bond acceptors (Lipinski definition) is 5. The van der Waals surface area contributed by atoms with Crippen molar-refractivity contribution in [2.45, 2.75) is 18.2 Å². The molecule has 2 aliphatic heterocycles. The van der Waals surface area contributed by atoms with Crippen molar-refractivity contribution in [3.8, 4) is 5.75 Å². The highest BCUT2D eigenvalue weighted by atomic mass is 35.5. The van der Waals surface area contributed by atoms with E-state index in [2.05, 4.69) is 17.1 Å². The van der Waals surface area contributed by atoms with Crippen LogP contribution >= 0.6 is 11.6 Å². The Labute approximate surface area is 155 Å². The molecular weight excluding hydrogens is 362 g/mol. The summed E-state index contributed by atoms with van der Waals surface area (Å²) in [5, 5.41) is 3.80. The summed E-state index contributed by atoms with van der Waals surface area (Å²) in [6, 6.07) is 4.69. The Kier molecular flexibility index (Phi) is 5.60. The SMILES string of the molecule is COc1ccc(Cl)cc1S(=O)(=O)N1CCN(CC2(C)CCNC2)CC1. The van der Waals surface area contributed by atoms with E-state index in [1.165, 1.54) is 23.9 Å². The summed E-state index contributed by atoms with van der Waals surface area (Å²) in [7, 11) is -2.14. The predicted octanol–water partition coefficient (Wildman–Crippen LogP) is 1.65. The summed E-state index contributed by atoms with van der Waals surface area (Å²) in [5.74, 6) is 0.330. The molecule has 140 valence electrons. The fraction of sp³-hybridized carbons (Fsp3) is 0.647. The first-order valence-corrected chi connectivity index (χ1v) is 10.4. The van der Waals surface area contributed by atoms with E-state index in [1.807, 2.05) is 0 Å². The minimum absolute atomic E-state index is 0.142. The highest BCUT2D eigenvalue weighted by molar-refractivity contribution is 7.89. The second-order valence-electron chi connectivity index (χ2n) is 7.21. The zero-order valence-corrected chi connectivity index (χ0v) is 16.4. The number of nitrogens with zero attached hydrogens (tertiary/aromatic N) is 2. The number of ether oxygens (including phenoxy) is 1. The summed E-state index contributed by atoms with van der Waals surface area (Å²) in [4.78, 5) is 2.51. The Bertz CT molecular complexity index is 712. The average Bonchev–Trinajstić information content (AvgIpc) is 3.01. The van der Waals surface area contributed by atoms with Crippen molar-refractivity contribution in [2.75, 3.05) is 52.9 Å². The van der Waals surface area contributed by atoms with E-state index in [-0.39, 0.29) is 10.3 Å². The maximum atomic E-state index is 13.0. The zero-order valence-electron chi connectivity index (χ0n) is 14.8. The lowest BCUT2D eigenvalue weighted by Gasteiger charge is -2.38. The first-order valence-electron chi connectivity index (χ1n) is 8.61. The molecule has 25 heavy (non-hydrogen) atoms. The average molecular weight is 388 g/mol. The number of halogens is 1. The number of rotatable bonds is 5. The maximum Gasteiger partial charge on any atom is 0.246 e. The molecule has 0 spiro atoms. The molecule has 1 atom stereocenters. The molecule has 0 aromatic heterocycles. The van der Waals surface area contributed by atoms with Gasteiger partial charge in [-0.1, -0.05) is 18.5 Å². The van der Waals surface area contributed by atoms with Crippen LogP contribution in [0.5, 0.6) is 5.75 Å². The van der Waals surface area contributed by atoms with Crippen molar-refractivity contribution >= 4 is 21.6 Å². The number of methoxy groups -OCH3 is 1. The second kappa shape index (κ2) is 7.40. The molecule has 0 aliphatic carbocycles. The number of hydrogen-bond donors (Lipinski definition) is 1. The molecular formula is C17H26ClN3O3S. The Morgan fingerprint density at radius 1 is 1.28 bits per heavy atom. The molecule has 3 rings (SSSR count). The topological polar surface area (TPSA) is 61.9 Å². The number of piperazine rings is 1. The number of benzene rings is 1. The molecule has 8 heteroatoms. The molecule has 2 saturated heterocycles. The first kappa shape index (κ1) is 18.9. The van der Waals surface area contributed by atoms with Gasteiger partial charge in [0.1, 0.15) is 10.6 Å². The summed E-state index contributed by atoms with van der Waals surface area (Å²) >= 11 is 6.00. The molecule has 2 heterocycles. The van der Waals surface area contributed by atoms with Crippen LogP contribution in [0.2, 0.25) is 5.02 Å². The zero-order chi connectivity index (χ0) is 18.1. The van der Waals surface area contributed by atoms with E-state index >= 15 is 0 Å². The quantitative estimate of drug-likeness (QED) is 0.832. The van der Waals surface area contributed by atoms with Gasteiger partial charge in [-0.15, -0.1) is 0 Å². The van der Waals surface area contributed by atoms with Crippen molar-refractivity contribution in [2.24, 2.45) is 5.41 Å². The van der Waals surface area contributed by atoms with Gasteiger partial charge in [-0.2, -0.15) is 4.31 Å². The van der Waals surface area contributed by atoms with E-state index < -0.39 is 10.0 Å². The fourth-order valence-electron chi connectivity index (χ4n) is 3.66. The molecule has 1 unspecified atom stereocenters. The van der Waals surface area contributed by atoms with Crippen molar-refractivity contribution in [3.63, 3.8) is 0 Å².